The third-order valence-corrected chi connectivity index (χ3v) is 3.88. The topological polar surface area (TPSA) is 49.8 Å². The third kappa shape index (κ3) is 1.47. The Hall–Kier alpha value is -1.19. The number of nitrogens with zero attached hydrogens (tertiary/aromatic N) is 1. The Morgan fingerprint density at radius 1 is 1.31 bits per heavy atom. The largest absolute Gasteiger partial charge is 0.370 e. The summed E-state index contributed by atoms with van der Waals surface area (Å²) in [5.41, 5.74) is 1.17. The quantitative estimate of drug-likeness (QED) is 0.761. The Morgan fingerprint density at radius 3 is 2.81 bits per heavy atom. The van der Waals surface area contributed by atoms with E-state index in [1.165, 1.54) is 12.8 Å². The predicted octanol–water partition coefficient (Wildman–Crippen LogP) is 1.90. The van der Waals surface area contributed by atoms with Crippen molar-refractivity contribution in [3.05, 3.63) is 15.9 Å². The van der Waals surface area contributed by atoms with E-state index in [1.807, 2.05) is 4.68 Å². The van der Waals surface area contributed by atoms with Gasteiger partial charge in [0.2, 0.25) is 0 Å². The van der Waals surface area contributed by atoms with Crippen LogP contribution in [0.3, 0.4) is 0 Å². The van der Waals surface area contributed by atoms with Gasteiger partial charge in [-0.1, -0.05) is 19.8 Å². The second kappa shape index (κ2) is 3.68. The van der Waals surface area contributed by atoms with E-state index >= 15 is 0 Å². The molecule has 1 aliphatic heterocycles. The fourth-order valence-corrected chi connectivity index (χ4v) is 2.94. The molecule has 1 aromatic rings. The van der Waals surface area contributed by atoms with Gasteiger partial charge in [0, 0.05) is 6.54 Å². The van der Waals surface area contributed by atoms with Gasteiger partial charge in [-0.25, -0.2) is 4.68 Å². The van der Waals surface area contributed by atoms with Gasteiger partial charge >= 0.3 is 0 Å². The minimum atomic E-state index is 0.209. The van der Waals surface area contributed by atoms with Gasteiger partial charge in [0.1, 0.15) is 5.82 Å². The summed E-state index contributed by atoms with van der Waals surface area (Å²) in [6, 6.07) is 0.412. The summed E-state index contributed by atoms with van der Waals surface area (Å²) in [6.45, 7) is 3.15. The highest BCUT2D eigenvalue weighted by Crippen LogP contribution is 2.29. The summed E-state index contributed by atoms with van der Waals surface area (Å²) < 4.78 is 1.86. The van der Waals surface area contributed by atoms with Crippen molar-refractivity contribution >= 4 is 5.82 Å². The summed E-state index contributed by atoms with van der Waals surface area (Å²) in [6.07, 6.45) is 5.72. The molecule has 1 saturated carbocycles. The molecule has 0 spiro atoms. The van der Waals surface area contributed by atoms with Gasteiger partial charge in [-0.2, -0.15) is 0 Å². The summed E-state index contributed by atoms with van der Waals surface area (Å²) in [4.78, 5) is 12.2. The molecule has 16 heavy (non-hydrogen) atoms. The molecule has 0 radical (unpaired) electrons. The second-order valence-corrected chi connectivity index (χ2v) is 5.27. The lowest BCUT2D eigenvalue weighted by molar-refractivity contribution is 0.455. The van der Waals surface area contributed by atoms with Gasteiger partial charge in [-0.05, 0) is 25.2 Å². The van der Waals surface area contributed by atoms with Crippen LogP contribution in [-0.2, 0) is 6.42 Å². The second-order valence-electron chi connectivity index (χ2n) is 5.27. The highest BCUT2D eigenvalue weighted by molar-refractivity contribution is 5.45. The number of aromatic amines is 1. The molecular weight excluding hydrogens is 202 g/mol. The zero-order chi connectivity index (χ0) is 11.1. The molecule has 0 bridgehead atoms. The number of anilines is 1. The minimum absolute atomic E-state index is 0.209. The van der Waals surface area contributed by atoms with E-state index in [9.17, 15) is 4.79 Å². The van der Waals surface area contributed by atoms with Crippen molar-refractivity contribution in [2.45, 2.75) is 45.1 Å². The molecule has 1 atom stereocenters. The van der Waals surface area contributed by atoms with Crippen molar-refractivity contribution in [1.29, 1.82) is 0 Å². The zero-order valence-corrected chi connectivity index (χ0v) is 9.75. The van der Waals surface area contributed by atoms with Crippen LogP contribution >= 0.6 is 0 Å². The number of aromatic nitrogens is 2. The molecule has 0 unspecified atom stereocenters. The molecule has 0 aromatic carbocycles. The van der Waals surface area contributed by atoms with Crippen LogP contribution in [0.5, 0.6) is 0 Å². The Kier molecular flexibility index (Phi) is 2.30. The lowest BCUT2D eigenvalue weighted by Gasteiger charge is -2.18. The van der Waals surface area contributed by atoms with Crippen LogP contribution in [-0.4, -0.2) is 16.3 Å². The van der Waals surface area contributed by atoms with Gasteiger partial charge in [0.05, 0.1) is 11.6 Å². The van der Waals surface area contributed by atoms with Crippen molar-refractivity contribution in [1.82, 2.24) is 9.78 Å². The molecule has 2 N–H and O–H groups in total. The minimum Gasteiger partial charge on any atom is -0.370 e. The summed E-state index contributed by atoms with van der Waals surface area (Å²) in [7, 11) is 0. The fourth-order valence-electron chi connectivity index (χ4n) is 2.94. The van der Waals surface area contributed by atoms with E-state index in [0.29, 0.717) is 12.0 Å². The fraction of sp³-hybridized carbons (Fsp3) is 0.750. The lowest BCUT2D eigenvalue weighted by Crippen LogP contribution is -2.26. The number of H-pyrrole nitrogens is 1. The number of hydrogen-bond donors (Lipinski definition) is 2. The van der Waals surface area contributed by atoms with Gasteiger partial charge < -0.3 is 5.32 Å². The standard InChI is InChI=1S/C12H19N3O/c1-8-6-10-11(13-7-8)14-15(12(10)16)9-4-2-3-5-9/h8-9,13-14H,2-7H2,1H3/t8-/m0/s1. The van der Waals surface area contributed by atoms with Crippen molar-refractivity contribution in [3.63, 3.8) is 0 Å². The first kappa shape index (κ1) is 10.00. The number of rotatable bonds is 1. The summed E-state index contributed by atoms with van der Waals surface area (Å²) in [5, 5.41) is 6.58. The number of fused-ring (bicyclic) bond motifs is 1. The summed E-state index contributed by atoms with van der Waals surface area (Å²) >= 11 is 0. The SMILES string of the molecule is C[C@@H]1CNc2[nH]n(C3CCCC3)c(=O)c2C1. The van der Waals surface area contributed by atoms with Crippen LogP contribution in [0.1, 0.15) is 44.2 Å². The average Bonchev–Trinajstić information content (AvgIpc) is 2.87. The molecule has 0 saturated heterocycles. The normalized spacial score (nSPS) is 25.4. The molecule has 4 nitrogen and oxygen atoms in total. The van der Waals surface area contributed by atoms with Crippen LogP contribution in [0, 0.1) is 5.92 Å². The molecule has 1 aromatic heterocycles. The molecule has 1 aliphatic carbocycles. The van der Waals surface area contributed by atoms with Gasteiger partial charge in [0.25, 0.3) is 5.56 Å². The van der Waals surface area contributed by atoms with Crippen LogP contribution in [0.25, 0.3) is 0 Å². The molecule has 2 aliphatic rings. The Bertz CT molecular complexity index is 440. The maximum Gasteiger partial charge on any atom is 0.272 e. The van der Waals surface area contributed by atoms with Gasteiger partial charge in [0.15, 0.2) is 0 Å². The molecule has 2 heterocycles. The Balaban J connectivity index is 1.98. The third-order valence-electron chi connectivity index (χ3n) is 3.88. The number of hydrogen-bond acceptors (Lipinski definition) is 2. The van der Waals surface area contributed by atoms with E-state index in [0.717, 1.165) is 37.2 Å². The predicted molar refractivity (Wildman–Crippen MR) is 63.9 cm³/mol. The Labute approximate surface area is 95.0 Å². The maximum absolute atomic E-state index is 12.2. The molecule has 1 fully saturated rings. The van der Waals surface area contributed by atoms with Crippen LogP contribution in [0.15, 0.2) is 4.79 Å². The molecule has 0 amide bonds. The highest BCUT2D eigenvalue weighted by atomic mass is 16.1. The molecular formula is C12H19N3O. The summed E-state index contributed by atoms with van der Waals surface area (Å²) in [5.74, 6) is 1.53. The lowest BCUT2D eigenvalue weighted by atomic mass is 10.00. The van der Waals surface area contributed by atoms with Gasteiger partial charge in [-0.3, -0.25) is 9.89 Å². The van der Waals surface area contributed by atoms with Crippen LogP contribution in [0.4, 0.5) is 5.82 Å². The van der Waals surface area contributed by atoms with E-state index in [-0.39, 0.29) is 5.56 Å². The zero-order valence-electron chi connectivity index (χ0n) is 9.75. The molecule has 88 valence electrons. The Morgan fingerprint density at radius 2 is 2.06 bits per heavy atom. The van der Waals surface area contributed by atoms with E-state index in [2.05, 4.69) is 17.3 Å². The smallest absolute Gasteiger partial charge is 0.272 e. The first-order valence-electron chi connectivity index (χ1n) is 6.33. The maximum atomic E-state index is 12.2. The average molecular weight is 221 g/mol. The van der Waals surface area contributed by atoms with Crippen molar-refractivity contribution in [3.8, 4) is 0 Å². The highest BCUT2D eigenvalue weighted by Gasteiger charge is 2.25. The van der Waals surface area contributed by atoms with E-state index < -0.39 is 0 Å². The molecule has 4 heteroatoms. The van der Waals surface area contributed by atoms with E-state index in [1.54, 1.807) is 0 Å². The number of nitrogens with one attached hydrogen (secondary N) is 2. The van der Waals surface area contributed by atoms with Crippen molar-refractivity contribution in [2.75, 3.05) is 11.9 Å². The van der Waals surface area contributed by atoms with Gasteiger partial charge in [-0.15, -0.1) is 0 Å². The van der Waals surface area contributed by atoms with Crippen molar-refractivity contribution < 1.29 is 0 Å². The molecule has 3 rings (SSSR count). The van der Waals surface area contributed by atoms with Crippen LogP contribution < -0.4 is 10.9 Å². The first-order valence-corrected chi connectivity index (χ1v) is 6.33. The first-order chi connectivity index (χ1) is 7.75. The van der Waals surface area contributed by atoms with Crippen molar-refractivity contribution in [2.24, 2.45) is 5.92 Å². The van der Waals surface area contributed by atoms with Crippen LogP contribution in [0.2, 0.25) is 0 Å². The monoisotopic (exact) mass is 221 g/mol. The van der Waals surface area contributed by atoms with E-state index in [4.69, 9.17) is 0 Å².